The Kier molecular flexibility index (Phi) is 6.31. The molecule has 0 atom stereocenters. The number of aryl methyl sites for hydroxylation is 1. The zero-order chi connectivity index (χ0) is 21.2. The van der Waals surface area contributed by atoms with Crippen LogP contribution in [0.2, 0.25) is 5.02 Å². The third-order valence-corrected chi connectivity index (χ3v) is 7.23. The second-order valence-corrected chi connectivity index (χ2v) is 9.03. The average molecular weight is 435 g/mol. The molecule has 3 aromatic rings. The van der Waals surface area contributed by atoms with E-state index >= 15 is 0 Å². The smallest absolute Gasteiger partial charge is 0.244 e. The van der Waals surface area contributed by atoms with E-state index in [0.29, 0.717) is 18.8 Å². The third kappa shape index (κ3) is 4.47. The van der Waals surface area contributed by atoms with Gasteiger partial charge in [0, 0.05) is 29.7 Å². The highest BCUT2D eigenvalue weighted by atomic mass is 35.5. The lowest BCUT2D eigenvalue weighted by atomic mass is 10.1. The minimum absolute atomic E-state index is 0.0232. The third-order valence-electron chi connectivity index (χ3n) is 4.70. The minimum atomic E-state index is -3.74. The van der Waals surface area contributed by atoms with Crippen LogP contribution in [0.4, 0.5) is 5.69 Å². The molecule has 0 saturated carbocycles. The summed E-state index contributed by atoms with van der Waals surface area (Å²) < 4.78 is 32.4. The summed E-state index contributed by atoms with van der Waals surface area (Å²) >= 11 is 6.14. The molecule has 0 unspecified atom stereocenters. The molecule has 0 fully saturated rings. The molecule has 154 valence electrons. The molecule has 2 aromatic carbocycles. The number of hydrogen-bond donors (Lipinski definition) is 1. The van der Waals surface area contributed by atoms with Crippen molar-refractivity contribution in [3.8, 4) is 0 Å². The maximum atomic E-state index is 12.8. The summed E-state index contributed by atoms with van der Waals surface area (Å²) in [5, 5.41) is 3.75. The van der Waals surface area contributed by atoms with E-state index in [-0.39, 0.29) is 22.2 Å². The van der Waals surface area contributed by atoms with Crippen LogP contribution in [0.1, 0.15) is 25.0 Å². The molecule has 0 aliphatic heterocycles. The van der Waals surface area contributed by atoms with E-state index in [9.17, 15) is 13.2 Å². The molecule has 1 amide bonds. The van der Waals surface area contributed by atoms with E-state index in [0.717, 1.165) is 22.1 Å². The van der Waals surface area contributed by atoms with Crippen molar-refractivity contribution in [2.24, 2.45) is 0 Å². The van der Waals surface area contributed by atoms with Gasteiger partial charge in [-0.25, -0.2) is 8.42 Å². The number of halogens is 1. The van der Waals surface area contributed by atoms with Crippen molar-refractivity contribution in [1.29, 1.82) is 0 Å². The second-order valence-electron chi connectivity index (χ2n) is 6.72. The van der Waals surface area contributed by atoms with Gasteiger partial charge in [-0.3, -0.25) is 4.79 Å². The predicted molar refractivity (Wildman–Crippen MR) is 115 cm³/mol. The first-order chi connectivity index (χ1) is 13.8. The van der Waals surface area contributed by atoms with Gasteiger partial charge in [-0.05, 0) is 36.8 Å². The van der Waals surface area contributed by atoms with Gasteiger partial charge in [-0.1, -0.05) is 37.6 Å². The molecule has 0 aliphatic carbocycles. The number of carbonyl (C=O) groups excluding carboxylic acids is 1. The Morgan fingerprint density at radius 1 is 1.14 bits per heavy atom. The maximum Gasteiger partial charge on any atom is 0.244 e. The number of fused-ring (bicyclic) bond motifs is 1. The van der Waals surface area contributed by atoms with Crippen molar-refractivity contribution < 1.29 is 17.6 Å². The zero-order valence-electron chi connectivity index (χ0n) is 16.5. The predicted octanol–water partition coefficient (Wildman–Crippen LogP) is 4.61. The SMILES string of the molecule is CCN(CC)S(=O)(=O)c1cc(NC(=O)Cc2coc3cc(C)ccc23)ccc1Cl. The first-order valence-electron chi connectivity index (χ1n) is 9.32. The Morgan fingerprint density at radius 2 is 1.86 bits per heavy atom. The standard InChI is InChI=1S/C21H23ClN2O4S/c1-4-24(5-2)29(26,27)20-12-16(7-9-18(20)22)23-21(25)11-15-13-28-19-10-14(3)6-8-17(15)19/h6-10,12-13H,4-5,11H2,1-3H3,(H,23,25). The summed E-state index contributed by atoms with van der Waals surface area (Å²) in [6, 6.07) is 10.3. The molecule has 8 heteroatoms. The molecule has 0 radical (unpaired) electrons. The number of carbonyl (C=O) groups is 1. The van der Waals surface area contributed by atoms with Crippen LogP contribution in [0, 0.1) is 6.92 Å². The summed E-state index contributed by atoms with van der Waals surface area (Å²) in [6.45, 7) is 6.16. The van der Waals surface area contributed by atoms with E-state index in [1.165, 1.54) is 16.4 Å². The fourth-order valence-electron chi connectivity index (χ4n) is 3.19. The van der Waals surface area contributed by atoms with Crippen LogP contribution in [0.5, 0.6) is 0 Å². The molecular weight excluding hydrogens is 412 g/mol. The first-order valence-corrected chi connectivity index (χ1v) is 11.1. The lowest BCUT2D eigenvalue weighted by molar-refractivity contribution is -0.115. The highest BCUT2D eigenvalue weighted by Crippen LogP contribution is 2.28. The summed E-state index contributed by atoms with van der Waals surface area (Å²) in [7, 11) is -3.74. The Hall–Kier alpha value is -2.35. The van der Waals surface area contributed by atoms with Crippen LogP contribution in [0.15, 0.2) is 52.0 Å². The number of amides is 1. The zero-order valence-corrected chi connectivity index (χ0v) is 18.1. The average Bonchev–Trinajstić information content (AvgIpc) is 3.05. The number of nitrogens with one attached hydrogen (secondary N) is 1. The van der Waals surface area contributed by atoms with Gasteiger partial charge in [0.2, 0.25) is 15.9 Å². The van der Waals surface area contributed by atoms with Crippen LogP contribution >= 0.6 is 11.6 Å². The van der Waals surface area contributed by atoms with E-state index in [2.05, 4.69) is 5.32 Å². The van der Waals surface area contributed by atoms with E-state index in [1.807, 2.05) is 25.1 Å². The number of sulfonamides is 1. The van der Waals surface area contributed by atoms with Gasteiger partial charge in [0.1, 0.15) is 10.5 Å². The number of nitrogens with zero attached hydrogens (tertiary/aromatic N) is 1. The van der Waals surface area contributed by atoms with E-state index in [4.69, 9.17) is 16.0 Å². The Bertz CT molecular complexity index is 1150. The summed E-state index contributed by atoms with van der Waals surface area (Å²) in [4.78, 5) is 12.5. The second kappa shape index (κ2) is 8.57. The van der Waals surface area contributed by atoms with Crippen molar-refractivity contribution >= 4 is 44.2 Å². The van der Waals surface area contributed by atoms with Crippen LogP contribution in [0.3, 0.4) is 0 Å². The molecule has 1 heterocycles. The van der Waals surface area contributed by atoms with Crippen molar-refractivity contribution in [3.63, 3.8) is 0 Å². The summed E-state index contributed by atoms with van der Waals surface area (Å²) in [5.41, 5.74) is 2.94. The monoisotopic (exact) mass is 434 g/mol. The highest BCUT2D eigenvalue weighted by molar-refractivity contribution is 7.89. The number of furan rings is 1. The van der Waals surface area contributed by atoms with Gasteiger partial charge in [0.05, 0.1) is 17.7 Å². The molecule has 3 rings (SSSR count). The van der Waals surface area contributed by atoms with E-state index < -0.39 is 10.0 Å². The summed E-state index contributed by atoms with van der Waals surface area (Å²) in [6.07, 6.45) is 1.68. The molecule has 0 aliphatic rings. The number of benzene rings is 2. The van der Waals surface area contributed by atoms with Gasteiger partial charge in [-0.15, -0.1) is 0 Å². The van der Waals surface area contributed by atoms with Crippen molar-refractivity contribution in [3.05, 3.63) is 58.8 Å². The lowest BCUT2D eigenvalue weighted by Crippen LogP contribution is -2.30. The number of rotatable bonds is 7. The van der Waals surface area contributed by atoms with Crippen LogP contribution < -0.4 is 5.32 Å². The Balaban J connectivity index is 1.82. The largest absolute Gasteiger partial charge is 0.464 e. The molecular formula is C21H23ClN2O4S. The maximum absolute atomic E-state index is 12.8. The molecule has 1 N–H and O–H groups in total. The number of hydrogen-bond acceptors (Lipinski definition) is 4. The molecule has 0 saturated heterocycles. The van der Waals surface area contributed by atoms with Crippen molar-refractivity contribution in [2.45, 2.75) is 32.1 Å². The first kappa shape index (κ1) is 21.4. The highest BCUT2D eigenvalue weighted by Gasteiger charge is 2.25. The fourth-order valence-corrected chi connectivity index (χ4v) is 5.15. The molecule has 6 nitrogen and oxygen atoms in total. The van der Waals surface area contributed by atoms with Crippen molar-refractivity contribution in [2.75, 3.05) is 18.4 Å². The van der Waals surface area contributed by atoms with Crippen LogP contribution in [-0.4, -0.2) is 31.7 Å². The molecule has 0 bridgehead atoms. The quantitative estimate of drug-likeness (QED) is 0.589. The Morgan fingerprint density at radius 3 is 2.55 bits per heavy atom. The van der Waals surface area contributed by atoms with Gasteiger partial charge >= 0.3 is 0 Å². The lowest BCUT2D eigenvalue weighted by Gasteiger charge is -2.19. The van der Waals surface area contributed by atoms with Crippen LogP contribution in [-0.2, 0) is 21.2 Å². The van der Waals surface area contributed by atoms with Crippen molar-refractivity contribution in [1.82, 2.24) is 4.31 Å². The summed E-state index contributed by atoms with van der Waals surface area (Å²) in [5.74, 6) is -0.276. The molecule has 0 spiro atoms. The molecule has 1 aromatic heterocycles. The van der Waals surface area contributed by atoms with E-state index in [1.54, 1.807) is 26.2 Å². The van der Waals surface area contributed by atoms with Gasteiger partial charge in [-0.2, -0.15) is 4.31 Å². The topological polar surface area (TPSA) is 79.6 Å². The number of anilines is 1. The Labute approximate surface area is 175 Å². The van der Waals surface area contributed by atoms with Gasteiger partial charge in [0.15, 0.2) is 0 Å². The van der Waals surface area contributed by atoms with Gasteiger partial charge in [0.25, 0.3) is 0 Å². The minimum Gasteiger partial charge on any atom is -0.464 e. The van der Waals surface area contributed by atoms with Crippen LogP contribution in [0.25, 0.3) is 11.0 Å². The normalized spacial score (nSPS) is 11.9. The van der Waals surface area contributed by atoms with Gasteiger partial charge < -0.3 is 9.73 Å². The fraction of sp³-hybridized carbons (Fsp3) is 0.286. The molecule has 29 heavy (non-hydrogen) atoms.